The van der Waals surface area contributed by atoms with Crippen molar-refractivity contribution in [3.63, 3.8) is 0 Å². The van der Waals surface area contributed by atoms with Gasteiger partial charge in [0, 0.05) is 16.0 Å². The third kappa shape index (κ3) is 2.38. The lowest BCUT2D eigenvalue weighted by Gasteiger charge is -2.07. The highest BCUT2D eigenvalue weighted by Gasteiger charge is 2.20. The van der Waals surface area contributed by atoms with Crippen LogP contribution >= 0.6 is 11.6 Å². The molecule has 1 aromatic heterocycles. The summed E-state index contributed by atoms with van der Waals surface area (Å²) in [6, 6.07) is 14.3. The number of fused-ring (bicyclic) bond motifs is 1. The van der Waals surface area contributed by atoms with E-state index in [0.29, 0.717) is 5.02 Å². The Morgan fingerprint density at radius 1 is 1.24 bits per heavy atom. The average molecular weight is 301 g/mol. The van der Waals surface area contributed by atoms with Crippen molar-refractivity contribution in [2.45, 2.75) is 13.0 Å². The second-order valence-electron chi connectivity index (χ2n) is 4.83. The summed E-state index contributed by atoms with van der Waals surface area (Å²) in [4.78, 5) is 11.3. The summed E-state index contributed by atoms with van der Waals surface area (Å²) >= 11 is 6.08. The molecule has 0 aliphatic heterocycles. The van der Waals surface area contributed by atoms with Gasteiger partial charge in [-0.15, -0.1) is 0 Å². The number of aliphatic carboxylic acids is 1. The molecule has 0 saturated heterocycles. The van der Waals surface area contributed by atoms with Crippen molar-refractivity contribution in [1.82, 2.24) is 9.78 Å². The first-order valence-electron chi connectivity index (χ1n) is 6.54. The van der Waals surface area contributed by atoms with E-state index in [1.807, 2.05) is 36.4 Å². The molecule has 0 fully saturated rings. The Bertz CT molecular complexity index is 812. The Morgan fingerprint density at radius 3 is 2.62 bits per heavy atom. The topological polar surface area (TPSA) is 55.1 Å². The summed E-state index contributed by atoms with van der Waals surface area (Å²) in [5.41, 5.74) is 2.43. The minimum absolute atomic E-state index is 0.599. The zero-order valence-corrected chi connectivity index (χ0v) is 12.1. The fraction of sp³-hybridized carbons (Fsp3) is 0.125. The monoisotopic (exact) mass is 300 g/mol. The van der Waals surface area contributed by atoms with E-state index in [1.165, 1.54) is 4.68 Å². The van der Waals surface area contributed by atoms with Crippen LogP contribution in [0, 0.1) is 0 Å². The van der Waals surface area contributed by atoms with Gasteiger partial charge >= 0.3 is 5.97 Å². The van der Waals surface area contributed by atoms with E-state index in [0.717, 1.165) is 22.2 Å². The van der Waals surface area contributed by atoms with E-state index < -0.39 is 12.0 Å². The molecule has 106 valence electrons. The number of hydrogen-bond donors (Lipinski definition) is 1. The second-order valence-corrected chi connectivity index (χ2v) is 5.27. The van der Waals surface area contributed by atoms with Gasteiger partial charge in [-0.3, -0.25) is 4.68 Å². The van der Waals surface area contributed by atoms with Gasteiger partial charge in [-0.05, 0) is 25.1 Å². The first kappa shape index (κ1) is 13.6. The molecule has 2 aromatic carbocycles. The second kappa shape index (κ2) is 5.22. The Morgan fingerprint density at radius 2 is 1.95 bits per heavy atom. The molecule has 21 heavy (non-hydrogen) atoms. The average Bonchev–Trinajstić information content (AvgIpc) is 2.85. The third-order valence-electron chi connectivity index (χ3n) is 3.44. The summed E-state index contributed by atoms with van der Waals surface area (Å²) in [7, 11) is 0. The van der Waals surface area contributed by atoms with Gasteiger partial charge in [0.15, 0.2) is 0 Å². The molecule has 0 radical (unpaired) electrons. The predicted molar refractivity (Wildman–Crippen MR) is 82.5 cm³/mol. The predicted octanol–water partition coefficient (Wildman–Crippen LogP) is 4.00. The van der Waals surface area contributed by atoms with E-state index in [4.69, 9.17) is 11.6 Å². The largest absolute Gasteiger partial charge is 0.480 e. The van der Waals surface area contributed by atoms with Crippen molar-refractivity contribution in [2.75, 3.05) is 0 Å². The van der Waals surface area contributed by atoms with Gasteiger partial charge < -0.3 is 5.11 Å². The van der Waals surface area contributed by atoms with Crippen LogP contribution in [-0.4, -0.2) is 20.9 Å². The lowest BCUT2D eigenvalue weighted by atomic mass is 10.1. The SMILES string of the molecule is C[C@@H](C(=O)O)n1nc(-c2ccccc2)c2cc(Cl)ccc21. The van der Waals surface area contributed by atoms with Gasteiger partial charge in [-0.2, -0.15) is 5.10 Å². The molecule has 0 unspecified atom stereocenters. The fourth-order valence-corrected chi connectivity index (χ4v) is 2.49. The zero-order valence-electron chi connectivity index (χ0n) is 11.3. The number of hydrogen-bond acceptors (Lipinski definition) is 2. The normalized spacial score (nSPS) is 12.5. The number of nitrogens with zero attached hydrogens (tertiary/aromatic N) is 2. The van der Waals surface area contributed by atoms with Gasteiger partial charge in [-0.1, -0.05) is 41.9 Å². The van der Waals surface area contributed by atoms with Crippen molar-refractivity contribution in [3.8, 4) is 11.3 Å². The summed E-state index contributed by atoms with van der Waals surface area (Å²) in [5, 5.41) is 15.2. The molecule has 0 saturated carbocycles. The van der Waals surface area contributed by atoms with Crippen molar-refractivity contribution < 1.29 is 9.90 Å². The molecule has 1 atom stereocenters. The smallest absolute Gasteiger partial charge is 0.328 e. The zero-order chi connectivity index (χ0) is 15.0. The lowest BCUT2D eigenvalue weighted by Crippen LogP contribution is -2.16. The van der Waals surface area contributed by atoms with E-state index >= 15 is 0 Å². The maximum atomic E-state index is 11.3. The van der Waals surface area contributed by atoms with E-state index in [9.17, 15) is 9.90 Å². The number of benzene rings is 2. The van der Waals surface area contributed by atoms with Gasteiger partial charge in [0.2, 0.25) is 0 Å². The molecule has 0 aliphatic carbocycles. The maximum Gasteiger partial charge on any atom is 0.328 e. The Balaban J connectivity index is 2.30. The van der Waals surface area contributed by atoms with Crippen LogP contribution in [0.4, 0.5) is 0 Å². The quantitative estimate of drug-likeness (QED) is 0.795. The summed E-state index contributed by atoms with van der Waals surface area (Å²) in [6.45, 7) is 1.61. The molecule has 5 heteroatoms. The van der Waals surface area contributed by atoms with E-state index in [1.54, 1.807) is 19.1 Å². The molecular weight excluding hydrogens is 288 g/mol. The highest BCUT2D eigenvalue weighted by atomic mass is 35.5. The van der Waals surface area contributed by atoms with Crippen molar-refractivity contribution in [3.05, 3.63) is 53.6 Å². The van der Waals surface area contributed by atoms with Crippen LogP contribution in [0.1, 0.15) is 13.0 Å². The molecule has 3 aromatic rings. The Labute approximate surface area is 126 Å². The maximum absolute atomic E-state index is 11.3. The van der Waals surface area contributed by atoms with Gasteiger partial charge in [0.1, 0.15) is 11.7 Å². The van der Waals surface area contributed by atoms with Crippen LogP contribution in [0.5, 0.6) is 0 Å². The van der Waals surface area contributed by atoms with Crippen LogP contribution in [-0.2, 0) is 4.79 Å². The molecule has 4 nitrogen and oxygen atoms in total. The fourth-order valence-electron chi connectivity index (χ4n) is 2.32. The van der Waals surface area contributed by atoms with Crippen LogP contribution in [0.15, 0.2) is 48.5 Å². The number of halogens is 1. The van der Waals surface area contributed by atoms with E-state index in [2.05, 4.69) is 5.10 Å². The van der Waals surface area contributed by atoms with Crippen LogP contribution in [0.3, 0.4) is 0 Å². The van der Waals surface area contributed by atoms with Crippen LogP contribution in [0.25, 0.3) is 22.2 Å². The number of carbonyl (C=O) groups is 1. The molecule has 3 rings (SSSR count). The number of aromatic nitrogens is 2. The lowest BCUT2D eigenvalue weighted by molar-refractivity contribution is -0.140. The molecule has 0 aliphatic rings. The molecule has 0 spiro atoms. The molecule has 0 bridgehead atoms. The summed E-state index contributed by atoms with van der Waals surface area (Å²) in [6.07, 6.45) is 0. The summed E-state index contributed by atoms with van der Waals surface area (Å²) in [5.74, 6) is -0.922. The highest BCUT2D eigenvalue weighted by molar-refractivity contribution is 6.31. The van der Waals surface area contributed by atoms with Crippen LogP contribution in [0.2, 0.25) is 5.02 Å². The third-order valence-corrected chi connectivity index (χ3v) is 3.67. The molecule has 1 N–H and O–H groups in total. The van der Waals surface area contributed by atoms with Gasteiger partial charge in [-0.25, -0.2) is 4.79 Å². The highest BCUT2D eigenvalue weighted by Crippen LogP contribution is 2.31. The Kier molecular flexibility index (Phi) is 3.39. The van der Waals surface area contributed by atoms with Crippen LogP contribution < -0.4 is 0 Å². The molecule has 0 amide bonds. The molecule has 1 heterocycles. The van der Waals surface area contributed by atoms with Crippen molar-refractivity contribution in [1.29, 1.82) is 0 Å². The van der Waals surface area contributed by atoms with Crippen molar-refractivity contribution >= 4 is 28.5 Å². The number of carboxylic acid groups (broad SMARTS) is 1. The Hall–Kier alpha value is -2.33. The standard InChI is InChI=1S/C16H13ClN2O2/c1-10(16(20)21)19-14-8-7-12(17)9-13(14)15(18-19)11-5-3-2-4-6-11/h2-10H,1H3,(H,20,21)/t10-/m0/s1. The first-order valence-corrected chi connectivity index (χ1v) is 6.91. The summed E-state index contributed by atoms with van der Waals surface area (Å²) < 4.78 is 1.52. The van der Waals surface area contributed by atoms with E-state index in [-0.39, 0.29) is 0 Å². The van der Waals surface area contributed by atoms with Gasteiger partial charge in [0.05, 0.1) is 5.52 Å². The molecular formula is C16H13ClN2O2. The minimum atomic E-state index is -0.922. The first-order chi connectivity index (χ1) is 10.1. The minimum Gasteiger partial charge on any atom is -0.480 e. The van der Waals surface area contributed by atoms with Gasteiger partial charge in [0.25, 0.3) is 0 Å². The number of rotatable bonds is 3. The number of carboxylic acids is 1. The van der Waals surface area contributed by atoms with Crippen molar-refractivity contribution in [2.24, 2.45) is 0 Å².